The van der Waals surface area contributed by atoms with Crippen molar-refractivity contribution in [3.63, 3.8) is 0 Å². The van der Waals surface area contributed by atoms with Gasteiger partial charge in [0.15, 0.2) is 0 Å². The van der Waals surface area contributed by atoms with Gasteiger partial charge >= 0.3 is 0 Å². The third-order valence-corrected chi connectivity index (χ3v) is 7.12. The van der Waals surface area contributed by atoms with Crippen molar-refractivity contribution in [2.75, 3.05) is 26.2 Å². The van der Waals surface area contributed by atoms with E-state index in [1.807, 2.05) is 32.0 Å². The molecule has 0 saturated carbocycles. The van der Waals surface area contributed by atoms with Crippen molar-refractivity contribution in [3.8, 4) is 0 Å². The second-order valence-corrected chi connectivity index (χ2v) is 9.40. The summed E-state index contributed by atoms with van der Waals surface area (Å²) in [6, 6.07) is 10.1. The molecule has 0 unspecified atom stereocenters. The zero-order chi connectivity index (χ0) is 19.8. The topological polar surface area (TPSA) is 57.7 Å². The highest BCUT2D eigenvalue weighted by molar-refractivity contribution is 7.89. The molecule has 2 aromatic carbocycles. The summed E-state index contributed by atoms with van der Waals surface area (Å²) in [5.41, 5.74) is 2.67. The lowest BCUT2D eigenvalue weighted by molar-refractivity contribution is 0.0697. The molecular formula is C19H20Cl2N2O3S. The number of sulfonamides is 1. The molecule has 0 aliphatic carbocycles. The molecule has 0 radical (unpaired) electrons. The highest BCUT2D eigenvalue weighted by atomic mass is 35.5. The molecule has 0 bridgehead atoms. The number of hydrogen-bond acceptors (Lipinski definition) is 3. The van der Waals surface area contributed by atoms with E-state index in [0.717, 1.165) is 11.1 Å². The first-order chi connectivity index (χ1) is 12.7. The molecule has 1 heterocycles. The first-order valence-corrected chi connectivity index (χ1v) is 10.7. The Morgan fingerprint density at radius 2 is 1.52 bits per heavy atom. The van der Waals surface area contributed by atoms with E-state index in [-0.39, 0.29) is 28.9 Å². The Balaban J connectivity index is 1.75. The average molecular weight is 427 g/mol. The van der Waals surface area contributed by atoms with E-state index in [4.69, 9.17) is 23.2 Å². The second-order valence-electron chi connectivity index (χ2n) is 6.65. The largest absolute Gasteiger partial charge is 0.336 e. The molecule has 8 heteroatoms. The number of hydrogen-bond donors (Lipinski definition) is 0. The molecule has 1 amide bonds. The number of benzene rings is 2. The van der Waals surface area contributed by atoms with Gasteiger partial charge in [0.05, 0.1) is 5.02 Å². The smallest absolute Gasteiger partial charge is 0.253 e. The van der Waals surface area contributed by atoms with Crippen LogP contribution >= 0.6 is 23.2 Å². The Bertz CT molecular complexity index is 964. The summed E-state index contributed by atoms with van der Waals surface area (Å²) < 4.78 is 27.1. The van der Waals surface area contributed by atoms with E-state index in [9.17, 15) is 13.2 Å². The number of carbonyl (C=O) groups excluding carboxylic acids is 1. The van der Waals surface area contributed by atoms with Gasteiger partial charge in [0.2, 0.25) is 10.0 Å². The molecule has 0 N–H and O–H groups in total. The molecular weight excluding hydrogens is 407 g/mol. The summed E-state index contributed by atoms with van der Waals surface area (Å²) in [5, 5.41) is 0.440. The number of aryl methyl sites for hydroxylation is 2. The maximum atomic E-state index is 12.9. The van der Waals surface area contributed by atoms with Crippen LogP contribution in [0.4, 0.5) is 0 Å². The van der Waals surface area contributed by atoms with Gasteiger partial charge in [-0.1, -0.05) is 40.4 Å². The van der Waals surface area contributed by atoms with E-state index < -0.39 is 10.0 Å². The van der Waals surface area contributed by atoms with Gasteiger partial charge in [0, 0.05) is 36.8 Å². The zero-order valence-corrected chi connectivity index (χ0v) is 17.4. The summed E-state index contributed by atoms with van der Waals surface area (Å²) in [6.07, 6.45) is 0. The molecule has 2 aromatic rings. The van der Waals surface area contributed by atoms with Crippen molar-refractivity contribution in [1.29, 1.82) is 0 Å². The van der Waals surface area contributed by atoms with Gasteiger partial charge in [-0.05, 0) is 44.2 Å². The van der Waals surface area contributed by atoms with Gasteiger partial charge in [-0.3, -0.25) is 4.79 Å². The minimum atomic E-state index is -3.76. The molecule has 0 atom stereocenters. The zero-order valence-electron chi connectivity index (χ0n) is 15.1. The minimum Gasteiger partial charge on any atom is -0.336 e. The first-order valence-electron chi connectivity index (χ1n) is 8.51. The monoisotopic (exact) mass is 426 g/mol. The van der Waals surface area contributed by atoms with Gasteiger partial charge in [0.25, 0.3) is 5.91 Å². The van der Waals surface area contributed by atoms with Gasteiger partial charge in [-0.2, -0.15) is 4.31 Å². The maximum Gasteiger partial charge on any atom is 0.253 e. The van der Waals surface area contributed by atoms with Crippen LogP contribution in [0.5, 0.6) is 0 Å². The van der Waals surface area contributed by atoms with Crippen LogP contribution in [0.15, 0.2) is 41.3 Å². The fourth-order valence-corrected chi connectivity index (χ4v) is 5.39. The standard InChI is InChI=1S/C19H20Cl2N2O3S/c1-13-9-14(2)11-15(10-13)19(24)22-5-7-23(8-6-22)27(25,26)18-12-16(20)3-4-17(18)21/h3-4,9-12H,5-8H2,1-2H3. The molecule has 0 spiro atoms. The van der Waals surface area contributed by atoms with Crippen LogP contribution in [0.25, 0.3) is 0 Å². The van der Waals surface area contributed by atoms with Crippen LogP contribution in [0.1, 0.15) is 21.5 Å². The van der Waals surface area contributed by atoms with E-state index in [1.165, 1.54) is 16.4 Å². The van der Waals surface area contributed by atoms with Crippen molar-refractivity contribution in [2.45, 2.75) is 18.7 Å². The van der Waals surface area contributed by atoms with Crippen molar-refractivity contribution < 1.29 is 13.2 Å². The van der Waals surface area contributed by atoms with Crippen molar-refractivity contribution in [3.05, 3.63) is 63.1 Å². The summed E-state index contributed by atoms with van der Waals surface area (Å²) in [6.45, 7) is 4.96. The number of halogens is 2. The summed E-state index contributed by atoms with van der Waals surface area (Å²) >= 11 is 12.0. The number of rotatable bonds is 3. The summed E-state index contributed by atoms with van der Waals surface area (Å²) in [4.78, 5) is 14.4. The third kappa shape index (κ3) is 4.29. The van der Waals surface area contributed by atoms with Gasteiger partial charge in [-0.15, -0.1) is 0 Å². The molecule has 27 heavy (non-hydrogen) atoms. The fourth-order valence-electron chi connectivity index (χ4n) is 3.23. The van der Waals surface area contributed by atoms with Crippen molar-refractivity contribution in [2.24, 2.45) is 0 Å². The Hall–Kier alpha value is -1.60. The van der Waals surface area contributed by atoms with E-state index >= 15 is 0 Å². The van der Waals surface area contributed by atoms with Gasteiger partial charge in [-0.25, -0.2) is 8.42 Å². The Morgan fingerprint density at radius 3 is 2.11 bits per heavy atom. The Kier molecular flexibility index (Phi) is 5.82. The lowest BCUT2D eigenvalue weighted by Gasteiger charge is -2.34. The van der Waals surface area contributed by atoms with E-state index in [0.29, 0.717) is 23.7 Å². The molecule has 5 nitrogen and oxygen atoms in total. The second kappa shape index (κ2) is 7.80. The molecule has 1 aliphatic rings. The predicted octanol–water partition coefficient (Wildman–Crippen LogP) is 3.76. The van der Waals surface area contributed by atoms with Gasteiger partial charge in [0.1, 0.15) is 4.90 Å². The molecule has 1 saturated heterocycles. The lowest BCUT2D eigenvalue weighted by Crippen LogP contribution is -2.50. The summed E-state index contributed by atoms with van der Waals surface area (Å²) in [7, 11) is -3.76. The number of amides is 1. The Morgan fingerprint density at radius 1 is 0.926 bits per heavy atom. The highest BCUT2D eigenvalue weighted by Crippen LogP contribution is 2.28. The molecule has 1 aliphatic heterocycles. The number of piperazine rings is 1. The lowest BCUT2D eigenvalue weighted by atomic mass is 10.1. The summed E-state index contributed by atoms with van der Waals surface area (Å²) in [5.74, 6) is -0.0837. The van der Waals surface area contributed by atoms with Crippen molar-refractivity contribution in [1.82, 2.24) is 9.21 Å². The van der Waals surface area contributed by atoms with Crippen LogP contribution in [-0.2, 0) is 10.0 Å². The Labute approximate surface area is 169 Å². The molecule has 144 valence electrons. The van der Waals surface area contributed by atoms with Crippen molar-refractivity contribution >= 4 is 39.1 Å². The van der Waals surface area contributed by atoms with Gasteiger partial charge < -0.3 is 4.90 Å². The highest BCUT2D eigenvalue weighted by Gasteiger charge is 2.32. The number of carbonyl (C=O) groups is 1. The van der Waals surface area contributed by atoms with Crippen LogP contribution in [0, 0.1) is 13.8 Å². The van der Waals surface area contributed by atoms with Crippen LogP contribution in [-0.4, -0.2) is 49.7 Å². The fraction of sp³-hybridized carbons (Fsp3) is 0.316. The van der Waals surface area contributed by atoms with E-state index in [2.05, 4.69) is 0 Å². The van der Waals surface area contributed by atoms with E-state index in [1.54, 1.807) is 11.0 Å². The molecule has 0 aromatic heterocycles. The maximum absolute atomic E-state index is 12.9. The average Bonchev–Trinajstić information content (AvgIpc) is 2.62. The predicted molar refractivity (Wildman–Crippen MR) is 107 cm³/mol. The number of nitrogens with zero attached hydrogens (tertiary/aromatic N) is 2. The normalized spacial score (nSPS) is 15.8. The third-order valence-electron chi connectivity index (χ3n) is 4.51. The molecule has 3 rings (SSSR count). The first kappa shape index (κ1) is 20.1. The van der Waals surface area contributed by atoms with Crippen LogP contribution in [0.3, 0.4) is 0 Å². The quantitative estimate of drug-likeness (QED) is 0.750. The SMILES string of the molecule is Cc1cc(C)cc(C(=O)N2CCN(S(=O)(=O)c3cc(Cl)ccc3Cl)CC2)c1. The minimum absolute atomic E-state index is 0.00856. The van der Waals surface area contributed by atoms with Crippen LogP contribution in [0.2, 0.25) is 10.0 Å². The molecule has 1 fully saturated rings. The van der Waals surface area contributed by atoms with Crippen LogP contribution < -0.4 is 0 Å².